The lowest BCUT2D eigenvalue weighted by Crippen LogP contribution is -2.50. The average Bonchev–Trinajstić information content (AvgIpc) is 3.30. The van der Waals surface area contributed by atoms with Crippen molar-refractivity contribution in [1.29, 1.82) is 0 Å². The second kappa shape index (κ2) is 8.41. The van der Waals surface area contributed by atoms with E-state index in [1.807, 2.05) is 6.20 Å². The molecule has 1 aromatic heterocycles. The number of likely N-dealkylation sites (tertiary alicyclic amines) is 1. The van der Waals surface area contributed by atoms with Crippen molar-refractivity contribution in [2.24, 2.45) is 5.92 Å². The van der Waals surface area contributed by atoms with Crippen molar-refractivity contribution >= 4 is 0 Å². The lowest BCUT2D eigenvalue weighted by Gasteiger charge is -2.41. The summed E-state index contributed by atoms with van der Waals surface area (Å²) in [7, 11) is 0. The minimum Gasteiger partial charge on any atom is -0.369 e. The van der Waals surface area contributed by atoms with Crippen molar-refractivity contribution in [1.82, 2.24) is 19.8 Å². The summed E-state index contributed by atoms with van der Waals surface area (Å²) < 4.78 is 8.29. The van der Waals surface area contributed by atoms with E-state index in [1.165, 1.54) is 51.6 Å². The lowest BCUT2D eigenvalue weighted by molar-refractivity contribution is 0.0743. The number of hydrogen-bond donors (Lipinski definition) is 1. The van der Waals surface area contributed by atoms with Crippen LogP contribution < -0.4 is 5.32 Å². The van der Waals surface area contributed by atoms with Gasteiger partial charge in [0, 0.05) is 43.7 Å². The molecule has 1 aliphatic carbocycles. The summed E-state index contributed by atoms with van der Waals surface area (Å²) in [4.78, 5) is 7.36. The van der Waals surface area contributed by atoms with Gasteiger partial charge in [0.15, 0.2) is 0 Å². The molecule has 26 heavy (non-hydrogen) atoms. The van der Waals surface area contributed by atoms with Crippen LogP contribution in [0.15, 0.2) is 12.4 Å². The first-order valence-corrected chi connectivity index (χ1v) is 10.9. The molecule has 5 heteroatoms. The van der Waals surface area contributed by atoms with E-state index in [-0.39, 0.29) is 6.10 Å². The molecule has 1 aromatic rings. The molecule has 3 fully saturated rings. The number of imidazole rings is 1. The normalized spacial score (nSPS) is 34.4. The molecule has 2 saturated heterocycles. The van der Waals surface area contributed by atoms with Crippen LogP contribution in [0.25, 0.3) is 0 Å². The van der Waals surface area contributed by atoms with Gasteiger partial charge in [-0.05, 0) is 58.0 Å². The van der Waals surface area contributed by atoms with Gasteiger partial charge in [-0.1, -0.05) is 19.8 Å². The van der Waals surface area contributed by atoms with Crippen LogP contribution in [0.3, 0.4) is 0 Å². The molecule has 1 N–H and O–H groups in total. The Bertz CT molecular complexity index is 566. The largest absolute Gasteiger partial charge is 0.369 e. The molecule has 4 rings (SSSR count). The molecule has 146 valence electrons. The maximum atomic E-state index is 6.07. The number of aryl methyl sites for hydroxylation is 1. The van der Waals surface area contributed by atoms with E-state index < -0.39 is 0 Å². The summed E-state index contributed by atoms with van der Waals surface area (Å²) in [6, 6.07) is 1.89. The second-order valence-corrected chi connectivity index (χ2v) is 8.66. The average molecular weight is 361 g/mol. The maximum absolute atomic E-state index is 6.07. The third-order valence-corrected chi connectivity index (χ3v) is 6.84. The Kier molecular flexibility index (Phi) is 5.97. The zero-order valence-electron chi connectivity index (χ0n) is 16.6. The van der Waals surface area contributed by atoms with Gasteiger partial charge in [-0.2, -0.15) is 0 Å². The molecular formula is C21H36N4O. The zero-order valence-corrected chi connectivity index (χ0v) is 16.6. The Morgan fingerprint density at radius 3 is 2.81 bits per heavy atom. The smallest absolute Gasteiger partial charge is 0.139 e. The van der Waals surface area contributed by atoms with Crippen LogP contribution in [0.1, 0.15) is 70.7 Å². The van der Waals surface area contributed by atoms with Crippen molar-refractivity contribution in [2.45, 2.75) is 89.6 Å². The molecule has 0 radical (unpaired) electrons. The van der Waals surface area contributed by atoms with Gasteiger partial charge in [-0.15, -0.1) is 0 Å². The number of hydrogen-bond acceptors (Lipinski definition) is 4. The standard InChI is InChI=1S/C21H36N4O/c1-3-24-13-10-22-21(24)20-19(9-14-26-20)23-17-7-11-25(12-8-17)18-6-4-5-16(2)15-18/h10,13,16-20,23H,3-9,11-12,14-15H2,1-2H3/t16-,18-,19-,20-/m0/s1. The highest BCUT2D eigenvalue weighted by molar-refractivity contribution is 5.04. The third kappa shape index (κ3) is 4.00. The van der Waals surface area contributed by atoms with Crippen molar-refractivity contribution in [3.63, 3.8) is 0 Å². The SMILES string of the molecule is CCn1ccnc1[C@H]1OCC[C@@H]1NC1CCN([C@H]2CCC[C@H](C)C2)CC1. The van der Waals surface area contributed by atoms with Crippen LogP contribution in [-0.4, -0.2) is 52.3 Å². The van der Waals surface area contributed by atoms with Crippen LogP contribution in [0.5, 0.6) is 0 Å². The highest BCUT2D eigenvalue weighted by atomic mass is 16.5. The number of rotatable bonds is 5. The first kappa shape index (κ1) is 18.5. The quantitative estimate of drug-likeness (QED) is 0.874. The van der Waals surface area contributed by atoms with Gasteiger partial charge < -0.3 is 19.5 Å². The Labute approximate surface area is 158 Å². The monoisotopic (exact) mass is 360 g/mol. The molecular weight excluding hydrogens is 324 g/mol. The summed E-state index contributed by atoms with van der Waals surface area (Å²) in [5, 5.41) is 3.93. The first-order chi connectivity index (χ1) is 12.7. The van der Waals surface area contributed by atoms with Crippen LogP contribution in [0.4, 0.5) is 0 Å². The van der Waals surface area contributed by atoms with Gasteiger partial charge in [0.2, 0.25) is 0 Å². The number of piperidine rings is 1. The van der Waals surface area contributed by atoms with Crippen LogP contribution >= 0.6 is 0 Å². The fraction of sp³-hybridized carbons (Fsp3) is 0.857. The van der Waals surface area contributed by atoms with Gasteiger partial charge >= 0.3 is 0 Å². The summed E-state index contributed by atoms with van der Waals surface area (Å²) in [5.41, 5.74) is 0. The van der Waals surface area contributed by atoms with Gasteiger partial charge in [0.25, 0.3) is 0 Å². The van der Waals surface area contributed by atoms with Gasteiger partial charge in [-0.25, -0.2) is 4.98 Å². The van der Waals surface area contributed by atoms with E-state index in [4.69, 9.17) is 4.74 Å². The number of nitrogens with one attached hydrogen (secondary N) is 1. The molecule has 0 unspecified atom stereocenters. The van der Waals surface area contributed by atoms with Crippen LogP contribution in [-0.2, 0) is 11.3 Å². The Balaban J connectivity index is 1.30. The topological polar surface area (TPSA) is 42.3 Å². The summed E-state index contributed by atoms with van der Waals surface area (Å²) in [5.74, 6) is 2.01. The summed E-state index contributed by atoms with van der Waals surface area (Å²) >= 11 is 0. The minimum absolute atomic E-state index is 0.113. The summed E-state index contributed by atoms with van der Waals surface area (Å²) in [6.07, 6.45) is 13.4. The molecule has 1 saturated carbocycles. The Morgan fingerprint density at radius 1 is 1.19 bits per heavy atom. The fourth-order valence-electron chi connectivity index (χ4n) is 5.33. The van der Waals surface area contributed by atoms with Gasteiger partial charge in [0.05, 0.1) is 0 Å². The van der Waals surface area contributed by atoms with Crippen LogP contribution in [0.2, 0.25) is 0 Å². The summed E-state index contributed by atoms with van der Waals surface area (Å²) in [6.45, 7) is 8.93. The second-order valence-electron chi connectivity index (χ2n) is 8.66. The molecule has 4 atom stereocenters. The van der Waals surface area contributed by atoms with Crippen LogP contribution in [0, 0.1) is 5.92 Å². The van der Waals surface area contributed by atoms with Gasteiger partial charge in [-0.3, -0.25) is 0 Å². The highest BCUT2D eigenvalue weighted by Gasteiger charge is 2.35. The molecule has 0 amide bonds. The minimum atomic E-state index is 0.113. The zero-order chi connectivity index (χ0) is 17.9. The van der Waals surface area contributed by atoms with Crippen molar-refractivity contribution < 1.29 is 4.74 Å². The lowest BCUT2D eigenvalue weighted by atomic mass is 9.85. The predicted octanol–water partition coefficient (Wildman–Crippen LogP) is 3.37. The number of nitrogens with zero attached hydrogens (tertiary/aromatic N) is 3. The molecule has 0 aromatic carbocycles. The molecule has 5 nitrogen and oxygen atoms in total. The van der Waals surface area contributed by atoms with E-state index in [1.54, 1.807) is 0 Å². The van der Waals surface area contributed by atoms with E-state index in [9.17, 15) is 0 Å². The van der Waals surface area contributed by atoms with E-state index in [2.05, 4.69) is 39.8 Å². The fourth-order valence-corrected chi connectivity index (χ4v) is 5.33. The molecule has 2 aliphatic heterocycles. The van der Waals surface area contributed by atoms with E-state index in [0.29, 0.717) is 12.1 Å². The van der Waals surface area contributed by atoms with E-state index in [0.717, 1.165) is 37.4 Å². The number of ether oxygens (including phenoxy) is 1. The maximum Gasteiger partial charge on any atom is 0.139 e. The van der Waals surface area contributed by atoms with Gasteiger partial charge in [0.1, 0.15) is 11.9 Å². The predicted molar refractivity (Wildman–Crippen MR) is 104 cm³/mol. The Morgan fingerprint density at radius 2 is 2.04 bits per heavy atom. The number of aromatic nitrogens is 2. The van der Waals surface area contributed by atoms with Crippen molar-refractivity contribution in [3.05, 3.63) is 18.2 Å². The van der Waals surface area contributed by atoms with Crippen molar-refractivity contribution in [3.8, 4) is 0 Å². The molecule has 0 bridgehead atoms. The highest BCUT2D eigenvalue weighted by Crippen LogP contribution is 2.31. The molecule has 3 heterocycles. The molecule has 0 spiro atoms. The van der Waals surface area contributed by atoms with E-state index >= 15 is 0 Å². The first-order valence-electron chi connectivity index (χ1n) is 10.9. The van der Waals surface area contributed by atoms with Crippen molar-refractivity contribution in [2.75, 3.05) is 19.7 Å². The Hall–Kier alpha value is -0.910. The molecule has 3 aliphatic rings. The third-order valence-electron chi connectivity index (χ3n) is 6.84.